The first-order chi connectivity index (χ1) is 17.3. The fourth-order valence-corrected chi connectivity index (χ4v) is 4.19. The highest BCUT2D eigenvalue weighted by molar-refractivity contribution is 6.51. The molecule has 3 aromatic rings. The van der Waals surface area contributed by atoms with E-state index in [0.29, 0.717) is 29.7 Å². The third-order valence-corrected chi connectivity index (χ3v) is 5.78. The summed E-state index contributed by atoms with van der Waals surface area (Å²) in [5.41, 5.74) is -0.114. The second-order valence-electron chi connectivity index (χ2n) is 7.81. The molecule has 1 N–H and O–H groups in total. The molecule has 1 aliphatic heterocycles. The Morgan fingerprint density at radius 1 is 0.944 bits per heavy atom. The van der Waals surface area contributed by atoms with E-state index in [2.05, 4.69) is 0 Å². The Morgan fingerprint density at radius 3 is 2.33 bits per heavy atom. The SMILES string of the molecule is CCOc1cc(C2/C(=C(\O)c3ccccc3OC)C(=O)C(=O)N2c2ccc(F)cc2F)ccc1OC. The molecule has 0 aliphatic carbocycles. The smallest absolute Gasteiger partial charge is 0.300 e. The van der Waals surface area contributed by atoms with E-state index >= 15 is 0 Å². The molecular formula is C27H23F2NO6. The second-order valence-corrected chi connectivity index (χ2v) is 7.81. The summed E-state index contributed by atoms with van der Waals surface area (Å²) in [6, 6.07) is 12.5. The van der Waals surface area contributed by atoms with E-state index in [9.17, 15) is 23.5 Å². The van der Waals surface area contributed by atoms with Gasteiger partial charge in [-0.25, -0.2) is 8.78 Å². The van der Waals surface area contributed by atoms with Crippen molar-refractivity contribution >= 4 is 23.1 Å². The summed E-state index contributed by atoms with van der Waals surface area (Å²) in [5.74, 6) is -3.54. The van der Waals surface area contributed by atoms with Gasteiger partial charge in [0.1, 0.15) is 23.1 Å². The van der Waals surface area contributed by atoms with E-state index in [1.54, 1.807) is 43.3 Å². The Balaban J connectivity index is 2.01. The molecule has 1 aliphatic rings. The summed E-state index contributed by atoms with van der Waals surface area (Å²) < 4.78 is 44.8. The molecule has 1 fully saturated rings. The first-order valence-corrected chi connectivity index (χ1v) is 11.0. The Morgan fingerprint density at radius 2 is 1.67 bits per heavy atom. The van der Waals surface area contributed by atoms with Crippen LogP contribution in [-0.2, 0) is 9.59 Å². The highest BCUT2D eigenvalue weighted by Gasteiger charge is 2.48. The van der Waals surface area contributed by atoms with E-state index in [0.717, 1.165) is 17.0 Å². The number of para-hydroxylation sites is 1. The number of ketones is 1. The maximum Gasteiger partial charge on any atom is 0.300 e. The molecule has 0 spiro atoms. The molecule has 0 bridgehead atoms. The van der Waals surface area contributed by atoms with Gasteiger partial charge < -0.3 is 19.3 Å². The van der Waals surface area contributed by atoms with Crippen molar-refractivity contribution in [3.63, 3.8) is 0 Å². The van der Waals surface area contributed by atoms with Gasteiger partial charge >= 0.3 is 0 Å². The Hall–Kier alpha value is -4.40. The van der Waals surface area contributed by atoms with Crippen molar-refractivity contribution < 1.29 is 37.7 Å². The van der Waals surface area contributed by atoms with Crippen molar-refractivity contribution in [3.05, 3.63) is 89.0 Å². The summed E-state index contributed by atoms with van der Waals surface area (Å²) in [5, 5.41) is 11.3. The molecule has 1 unspecified atom stereocenters. The number of amides is 1. The fourth-order valence-electron chi connectivity index (χ4n) is 4.19. The average Bonchev–Trinajstić information content (AvgIpc) is 3.14. The van der Waals surface area contributed by atoms with Crippen LogP contribution in [0.4, 0.5) is 14.5 Å². The van der Waals surface area contributed by atoms with Crippen molar-refractivity contribution in [2.75, 3.05) is 25.7 Å². The number of aliphatic hydroxyl groups excluding tert-OH is 1. The molecule has 0 radical (unpaired) electrons. The van der Waals surface area contributed by atoms with E-state index in [1.807, 2.05) is 0 Å². The minimum Gasteiger partial charge on any atom is -0.507 e. The number of carbonyl (C=O) groups excluding carboxylic acids is 2. The molecule has 7 nitrogen and oxygen atoms in total. The molecular weight excluding hydrogens is 472 g/mol. The lowest BCUT2D eigenvalue weighted by Crippen LogP contribution is -2.30. The number of carbonyl (C=O) groups is 2. The number of methoxy groups -OCH3 is 2. The van der Waals surface area contributed by atoms with Crippen molar-refractivity contribution in [3.8, 4) is 17.2 Å². The lowest BCUT2D eigenvalue weighted by molar-refractivity contribution is -0.132. The minimum atomic E-state index is -1.26. The largest absolute Gasteiger partial charge is 0.507 e. The normalized spacial score (nSPS) is 16.8. The van der Waals surface area contributed by atoms with Gasteiger partial charge in [-0.2, -0.15) is 0 Å². The molecule has 1 atom stereocenters. The molecule has 1 heterocycles. The third-order valence-electron chi connectivity index (χ3n) is 5.78. The first-order valence-electron chi connectivity index (χ1n) is 11.0. The van der Waals surface area contributed by atoms with Crippen molar-refractivity contribution in [2.24, 2.45) is 0 Å². The molecule has 1 amide bonds. The highest BCUT2D eigenvalue weighted by Crippen LogP contribution is 2.45. The number of anilines is 1. The van der Waals surface area contributed by atoms with Gasteiger partial charge in [0.2, 0.25) is 0 Å². The Labute approximate surface area is 206 Å². The molecule has 0 aromatic heterocycles. The lowest BCUT2D eigenvalue weighted by atomic mass is 9.94. The van der Waals surface area contributed by atoms with Crippen LogP contribution in [0.15, 0.2) is 66.2 Å². The van der Waals surface area contributed by atoms with Crippen LogP contribution in [-0.4, -0.2) is 37.6 Å². The van der Waals surface area contributed by atoms with E-state index < -0.39 is 35.1 Å². The zero-order chi connectivity index (χ0) is 26.0. The van der Waals surface area contributed by atoms with Crippen LogP contribution in [0.3, 0.4) is 0 Å². The topological polar surface area (TPSA) is 85.3 Å². The quantitative estimate of drug-likeness (QED) is 0.282. The average molecular weight is 495 g/mol. The van der Waals surface area contributed by atoms with Crippen LogP contribution in [0.1, 0.15) is 24.1 Å². The van der Waals surface area contributed by atoms with Crippen LogP contribution in [0, 0.1) is 11.6 Å². The second kappa shape index (κ2) is 10.1. The zero-order valence-electron chi connectivity index (χ0n) is 19.7. The summed E-state index contributed by atoms with van der Waals surface area (Å²) >= 11 is 0. The van der Waals surface area contributed by atoms with Crippen LogP contribution >= 0.6 is 0 Å². The molecule has 186 valence electrons. The van der Waals surface area contributed by atoms with Gasteiger partial charge in [-0.1, -0.05) is 18.2 Å². The van der Waals surface area contributed by atoms with Crippen molar-refractivity contribution in [1.29, 1.82) is 0 Å². The van der Waals surface area contributed by atoms with Crippen LogP contribution < -0.4 is 19.1 Å². The van der Waals surface area contributed by atoms with Gasteiger partial charge in [0, 0.05) is 6.07 Å². The van der Waals surface area contributed by atoms with Gasteiger partial charge in [-0.05, 0) is 48.9 Å². The predicted molar refractivity (Wildman–Crippen MR) is 128 cm³/mol. The minimum absolute atomic E-state index is 0.168. The third kappa shape index (κ3) is 4.24. The number of Topliss-reactive ketones (excluding diaryl/α,β-unsaturated/α-hetero) is 1. The standard InChI is InChI=1S/C27H23F2NO6/c1-4-36-22-13-15(9-12-21(22)35-3)24-23(25(31)17-7-5-6-8-20(17)34-2)26(32)27(33)30(24)19-11-10-16(28)14-18(19)29/h5-14,24,31H,4H2,1-3H3/b25-23+. The molecule has 9 heteroatoms. The molecule has 0 saturated carbocycles. The highest BCUT2D eigenvalue weighted by atomic mass is 19.1. The lowest BCUT2D eigenvalue weighted by Gasteiger charge is -2.26. The maximum atomic E-state index is 14.9. The molecule has 3 aromatic carbocycles. The summed E-state index contributed by atoms with van der Waals surface area (Å²) in [6.45, 7) is 2.07. The maximum absolute atomic E-state index is 14.9. The van der Waals surface area contributed by atoms with Crippen LogP contribution in [0.25, 0.3) is 5.76 Å². The number of hydrogen-bond acceptors (Lipinski definition) is 6. The van der Waals surface area contributed by atoms with Gasteiger partial charge in [-0.15, -0.1) is 0 Å². The van der Waals surface area contributed by atoms with E-state index in [1.165, 1.54) is 20.3 Å². The van der Waals surface area contributed by atoms with Gasteiger partial charge in [0.15, 0.2) is 11.5 Å². The monoisotopic (exact) mass is 495 g/mol. The number of nitrogens with zero attached hydrogens (tertiary/aromatic N) is 1. The van der Waals surface area contributed by atoms with E-state index in [4.69, 9.17) is 14.2 Å². The van der Waals surface area contributed by atoms with E-state index in [-0.39, 0.29) is 22.6 Å². The van der Waals surface area contributed by atoms with Crippen LogP contribution in [0.5, 0.6) is 17.2 Å². The molecule has 36 heavy (non-hydrogen) atoms. The Kier molecular flexibility index (Phi) is 6.91. The number of rotatable bonds is 7. The Bertz CT molecular complexity index is 1370. The zero-order valence-corrected chi connectivity index (χ0v) is 19.7. The summed E-state index contributed by atoms with van der Waals surface area (Å²) in [4.78, 5) is 27.4. The number of hydrogen-bond donors (Lipinski definition) is 1. The first kappa shape index (κ1) is 24.7. The predicted octanol–water partition coefficient (Wildman–Crippen LogP) is 5.01. The van der Waals surface area contributed by atoms with Gasteiger partial charge in [0.25, 0.3) is 11.7 Å². The molecule has 4 rings (SSSR count). The number of ether oxygens (including phenoxy) is 3. The summed E-state index contributed by atoms with van der Waals surface area (Å²) in [6.07, 6.45) is 0. The summed E-state index contributed by atoms with van der Waals surface area (Å²) in [7, 11) is 2.85. The van der Waals surface area contributed by atoms with Crippen molar-refractivity contribution in [2.45, 2.75) is 13.0 Å². The van der Waals surface area contributed by atoms with Gasteiger partial charge in [-0.3, -0.25) is 14.5 Å². The molecule has 1 saturated heterocycles. The number of halogens is 2. The number of benzene rings is 3. The fraction of sp³-hybridized carbons (Fsp3) is 0.185. The van der Waals surface area contributed by atoms with Crippen LogP contribution in [0.2, 0.25) is 0 Å². The number of aliphatic hydroxyl groups is 1. The van der Waals surface area contributed by atoms with Gasteiger partial charge in [0.05, 0.1) is 43.7 Å². The van der Waals surface area contributed by atoms with Crippen molar-refractivity contribution in [1.82, 2.24) is 0 Å².